The highest BCUT2D eigenvalue weighted by molar-refractivity contribution is 6.05. The number of carbonyl (C=O) groups excluding carboxylic acids is 4. The summed E-state index contributed by atoms with van der Waals surface area (Å²) in [5.74, 6) is -1.61. The number of halogens is 1. The number of hydrogen-bond acceptors (Lipinski definition) is 7. The first-order chi connectivity index (χ1) is 20.1. The first kappa shape index (κ1) is 27.1. The van der Waals surface area contributed by atoms with E-state index in [1.54, 1.807) is 44.6 Å². The minimum Gasteiger partial charge on any atom is -0.364 e. The standard InChI is InChI=1S/C28H28FN9O4/c1-14-8-19-25(35-36(2)26(19)33-27(14)41)32-28(42)21-10-17(29)12-37(21)22(39)13-38-20-6-5-15(16-4-3-7-31-11-16)9-18(20)23(34-38)24(30)40/h3-7,9,11,14,17,21H,8,10,12-13H2,1-2H3,(H2,30,40)(H,33,41)(H,32,35,42). The molecule has 5 heterocycles. The zero-order valence-electron chi connectivity index (χ0n) is 22.9. The van der Waals surface area contributed by atoms with Gasteiger partial charge in [-0.05, 0) is 30.2 Å². The molecule has 4 aromatic rings. The van der Waals surface area contributed by atoms with Crippen LogP contribution in [0.3, 0.4) is 0 Å². The monoisotopic (exact) mass is 573 g/mol. The molecule has 3 aromatic heterocycles. The summed E-state index contributed by atoms with van der Waals surface area (Å²) in [5, 5.41) is 14.6. The molecule has 0 spiro atoms. The van der Waals surface area contributed by atoms with E-state index in [2.05, 4.69) is 25.8 Å². The number of carbonyl (C=O) groups is 4. The highest BCUT2D eigenvalue weighted by Crippen LogP contribution is 2.32. The number of nitrogens with two attached hydrogens (primary N) is 1. The average Bonchev–Trinajstić information content (AvgIpc) is 3.63. The van der Waals surface area contributed by atoms with Gasteiger partial charge < -0.3 is 21.3 Å². The van der Waals surface area contributed by atoms with Crippen LogP contribution in [0.25, 0.3) is 22.0 Å². The number of pyridine rings is 1. The molecule has 216 valence electrons. The highest BCUT2D eigenvalue weighted by atomic mass is 19.1. The van der Waals surface area contributed by atoms with Gasteiger partial charge in [-0.25, -0.2) is 4.39 Å². The summed E-state index contributed by atoms with van der Waals surface area (Å²) >= 11 is 0. The molecule has 6 rings (SSSR count). The van der Waals surface area contributed by atoms with Crippen molar-refractivity contribution in [2.24, 2.45) is 18.7 Å². The number of fused-ring (bicyclic) bond motifs is 2. The summed E-state index contributed by atoms with van der Waals surface area (Å²) in [6.07, 6.45) is 2.13. The van der Waals surface area contributed by atoms with Crippen LogP contribution in [-0.4, -0.2) is 71.8 Å². The molecule has 3 atom stereocenters. The van der Waals surface area contributed by atoms with Crippen LogP contribution in [0.15, 0.2) is 42.7 Å². The van der Waals surface area contributed by atoms with Gasteiger partial charge in [0.1, 0.15) is 24.6 Å². The Morgan fingerprint density at radius 2 is 2.00 bits per heavy atom. The number of aromatic nitrogens is 5. The number of likely N-dealkylation sites (tertiary alicyclic amines) is 1. The van der Waals surface area contributed by atoms with Crippen LogP contribution in [0.4, 0.5) is 16.0 Å². The van der Waals surface area contributed by atoms with Crippen molar-refractivity contribution in [1.82, 2.24) is 29.4 Å². The van der Waals surface area contributed by atoms with Gasteiger partial charge in [-0.15, -0.1) is 0 Å². The number of alkyl halides is 1. The maximum absolute atomic E-state index is 14.6. The third kappa shape index (κ3) is 4.74. The lowest BCUT2D eigenvalue weighted by Gasteiger charge is -2.24. The van der Waals surface area contributed by atoms with Crippen molar-refractivity contribution in [3.8, 4) is 11.1 Å². The normalized spacial score (nSPS) is 19.9. The quantitative estimate of drug-likeness (QED) is 0.315. The van der Waals surface area contributed by atoms with Crippen molar-refractivity contribution in [1.29, 1.82) is 0 Å². The Balaban J connectivity index is 1.25. The molecule has 4 amide bonds. The molecule has 1 aromatic carbocycles. The van der Waals surface area contributed by atoms with Gasteiger partial charge in [0.2, 0.25) is 17.7 Å². The predicted octanol–water partition coefficient (Wildman–Crippen LogP) is 1.64. The lowest BCUT2D eigenvalue weighted by atomic mass is 9.98. The summed E-state index contributed by atoms with van der Waals surface area (Å²) in [7, 11) is 1.64. The Morgan fingerprint density at radius 1 is 1.19 bits per heavy atom. The maximum atomic E-state index is 14.6. The van der Waals surface area contributed by atoms with E-state index in [0.717, 1.165) is 11.1 Å². The van der Waals surface area contributed by atoms with Crippen molar-refractivity contribution < 1.29 is 23.6 Å². The van der Waals surface area contributed by atoms with E-state index in [1.807, 2.05) is 12.1 Å². The number of benzene rings is 1. The third-order valence-electron chi connectivity index (χ3n) is 7.72. The molecule has 0 radical (unpaired) electrons. The third-order valence-corrected chi connectivity index (χ3v) is 7.72. The number of amides is 4. The van der Waals surface area contributed by atoms with Crippen molar-refractivity contribution in [2.45, 2.75) is 38.5 Å². The van der Waals surface area contributed by atoms with Crippen molar-refractivity contribution in [3.05, 3.63) is 54.0 Å². The number of anilines is 2. The molecule has 1 fully saturated rings. The van der Waals surface area contributed by atoms with Gasteiger partial charge in [0.05, 0.1) is 12.1 Å². The lowest BCUT2D eigenvalue weighted by molar-refractivity contribution is -0.137. The van der Waals surface area contributed by atoms with Crippen molar-refractivity contribution in [2.75, 3.05) is 17.2 Å². The number of nitrogens with one attached hydrogen (secondary N) is 2. The number of rotatable bonds is 6. The second-order valence-electron chi connectivity index (χ2n) is 10.6. The first-order valence-corrected chi connectivity index (χ1v) is 13.4. The number of hydrogen-bond donors (Lipinski definition) is 3. The van der Waals surface area contributed by atoms with Gasteiger partial charge in [-0.2, -0.15) is 10.2 Å². The fourth-order valence-electron chi connectivity index (χ4n) is 5.58. The van der Waals surface area contributed by atoms with Crippen LogP contribution >= 0.6 is 0 Å². The molecule has 42 heavy (non-hydrogen) atoms. The Morgan fingerprint density at radius 3 is 2.74 bits per heavy atom. The smallest absolute Gasteiger partial charge is 0.269 e. The Bertz CT molecular complexity index is 1750. The minimum atomic E-state index is -1.40. The van der Waals surface area contributed by atoms with E-state index in [1.165, 1.54) is 14.3 Å². The van der Waals surface area contributed by atoms with Crippen LogP contribution in [0.2, 0.25) is 0 Å². The predicted molar refractivity (Wildman–Crippen MR) is 150 cm³/mol. The van der Waals surface area contributed by atoms with Crippen molar-refractivity contribution >= 4 is 46.2 Å². The van der Waals surface area contributed by atoms with Gasteiger partial charge in [-0.1, -0.05) is 19.1 Å². The Kier molecular flexibility index (Phi) is 6.67. The second kappa shape index (κ2) is 10.4. The molecule has 2 aliphatic rings. The summed E-state index contributed by atoms with van der Waals surface area (Å²) < 4.78 is 17.4. The Hall–Kier alpha value is -5.14. The van der Waals surface area contributed by atoms with Gasteiger partial charge in [0.25, 0.3) is 5.91 Å². The van der Waals surface area contributed by atoms with Crippen LogP contribution in [-0.2, 0) is 34.4 Å². The van der Waals surface area contributed by atoms with Crippen LogP contribution in [0.5, 0.6) is 0 Å². The Labute approximate surface area is 238 Å². The number of nitrogens with zero attached hydrogens (tertiary/aromatic N) is 6. The second-order valence-corrected chi connectivity index (χ2v) is 10.6. The minimum absolute atomic E-state index is 0.0103. The fraction of sp³-hybridized carbons (Fsp3) is 0.321. The lowest BCUT2D eigenvalue weighted by Crippen LogP contribution is -2.44. The highest BCUT2D eigenvalue weighted by Gasteiger charge is 2.41. The van der Waals surface area contributed by atoms with E-state index < -0.39 is 29.9 Å². The van der Waals surface area contributed by atoms with Crippen LogP contribution in [0.1, 0.15) is 29.4 Å². The SMILES string of the molecule is CC1Cc2c(NC(=O)C3CC(F)CN3C(=O)Cn3nc(C(N)=O)c4cc(-c5cccnc5)ccc43)nn(C)c2NC1=O. The molecule has 13 nitrogen and oxygen atoms in total. The maximum Gasteiger partial charge on any atom is 0.269 e. The van der Waals surface area contributed by atoms with Gasteiger partial charge in [-0.3, -0.25) is 33.5 Å². The summed E-state index contributed by atoms with van der Waals surface area (Å²) in [5.41, 5.74) is 8.35. The number of primary amides is 1. The summed E-state index contributed by atoms with van der Waals surface area (Å²) in [6.45, 7) is 1.16. The molecule has 3 unspecified atom stereocenters. The summed E-state index contributed by atoms with van der Waals surface area (Å²) in [6, 6.07) is 7.86. The molecule has 2 aliphatic heterocycles. The zero-order chi connectivity index (χ0) is 29.7. The average molecular weight is 574 g/mol. The zero-order valence-corrected chi connectivity index (χ0v) is 22.9. The number of aryl methyl sites for hydroxylation is 1. The van der Waals surface area contributed by atoms with E-state index in [4.69, 9.17) is 5.73 Å². The molecule has 4 N–H and O–H groups in total. The van der Waals surface area contributed by atoms with Gasteiger partial charge in [0.15, 0.2) is 11.5 Å². The topological polar surface area (TPSA) is 170 Å². The summed E-state index contributed by atoms with van der Waals surface area (Å²) in [4.78, 5) is 56.5. The molecule has 0 bridgehead atoms. The first-order valence-electron chi connectivity index (χ1n) is 13.4. The molecular formula is C28H28FN9O4. The van der Waals surface area contributed by atoms with Crippen LogP contribution < -0.4 is 16.4 Å². The van der Waals surface area contributed by atoms with Gasteiger partial charge >= 0.3 is 0 Å². The molecule has 1 saturated heterocycles. The molecule has 0 aliphatic carbocycles. The molecular weight excluding hydrogens is 545 g/mol. The fourth-order valence-corrected chi connectivity index (χ4v) is 5.58. The molecule has 14 heteroatoms. The van der Waals surface area contributed by atoms with E-state index >= 15 is 0 Å². The molecule has 0 saturated carbocycles. The van der Waals surface area contributed by atoms with E-state index in [-0.39, 0.29) is 42.8 Å². The van der Waals surface area contributed by atoms with Crippen LogP contribution in [0, 0.1) is 5.92 Å². The van der Waals surface area contributed by atoms with Crippen molar-refractivity contribution in [3.63, 3.8) is 0 Å². The van der Waals surface area contributed by atoms with E-state index in [0.29, 0.717) is 28.7 Å². The van der Waals surface area contributed by atoms with E-state index in [9.17, 15) is 23.6 Å². The van der Waals surface area contributed by atoms with Gasteiger partial charge in [0, 0.05) is 48.3 Å². The largest absolute Gasteiger partial charge is 0.364 e.